The molecular weight excluding hydrogens is 260 g/mol. The molecule has 0 atom stereocenters. The second kappa shape index (κ2) is 6.54. The zero-order valence-corrected chi connectivity index (χ0v) is 11.6. The number of methoxy groups -OCH3 is 1. The van der Waals surface area contributed by atoms with Crippen molar-refractivity contribution < 1.29 is 4.74 Å². The minimum atomic E-state index is -0.105. The van der Waals surface area contributed by atoms with Gasteiger partial charge in [-0.15, -0.1) is 0 Å². The van der Waals surface area contributed by atoms with Gasteiger partial charge in [0.1, 0.15) is 0 Å². The number of hydrogen-bond acceptors (Lipinski definition) is 4. The average Bonchev–Trinajstić information content (AvgIpc) is 2.47. The molecule has 4 nitrogen and oxygen atoms in total. The Morgan fingerprint density at radius 2 is 2.05 bits per heavy atom. The standard InChI is InChI=1S/C14H16N2O2S/c1-18-8-7-16-14(17)12(10-19)9-13(15-16)11-5-3-2-4-6-11/h2-6,9,19H,7-8,10H2,1H3. The van der Waals surface area contributed by atoms with Gasteiger partial charge in [0.05, 0.1) is 18.8 Å². The van der Waals surface area contributed by atoms with E-state index >= 15 is 0 Å². The fourth-order valence-electron chi connectivity index (χ4n) is 1.79. The van der Waals surface area contributed by atoms with Crippen LogP contribution in [0.25, 0.3) is 11.3 Å². The smallest absolute Gasteiger partial charge is 0.270 e. The van der Waals surface area contributed by atoms with Crippen LogP contribution in [0.15, 0.2) is 41.2 Å². The lowest BCUT2D eigenvalue weighted by Gasteiger charge is -2.09. The van der Waals surface area contributed by atoms with E-state index < -0.39 is 0 Å². The summed E-state index contributed by atoms with van der Waals surface area (Å²) >= 11 is 4.21. The summed E-state index contributed by atoms with van der Waals surface area (Å²) in [5, 5.41) is 4.38. The van der Waals surface area contributed by atoms with Gasteiger partial charge in [0, 0.05) is 24.0 Å². The lowest BCUT2D eigenvalue weighted by Crippen LogP contribution is -2.27. The first-order valence-electron chi connectivity index (χ1n) is 6.02. The lowest BCUT2D eigenvalue weighted by atomic mass is 10.1. The Morgan fingerprint density at radius 1 is 1.32 bits per heavy atom. The van der Waals surface area contributed by atoms with Crippen LogP contribution >= 0.6 is 12.6 Å². The fraction of sp³-hybridized carbons (Fsp3) is 0.286. The van der Waals surface area contributed by atoms with Crippen molar-refractivity contribution in [2.75, 3.05) is 13.7 Å². The normalized spacial score (nSPS) is 10.6. The zero-order valence-electron chi connectivity index (χ0n) is 10.7. The highest BCUT2D eigenvalue weighted by molar-refractivity contribution is 7.79. The van der Waals surface area contributed by atoms with Gasteiger partial charge < -0.3 is 4.74 Å². The van der Waals surface area contributed by atoms with Crippen molar-refractivity contribution in [2.24, 2.45) is 0 Å². The second-order valence-electron chi connectivity index (χ2n) is 4.10. The molecule has 0 bridgehead atoms. The Morgan fingerprint density at radius 3 is 2.68 bits per heavy atom. The monoisotopic (exact) mass is 276 g/mol. The minimum absolute atomic E-state index is 0.105. The molecule has 0 spiro atoms. The van der Waals surface area contributed by atoms with E-state index in [4.69, 9.17) is 4.74 Å². The highest BCUT2D eigenvalue weighted by Crippen LogP contribution is 2.16. The number of hydrogen-bond donors (Lipinski definition) is 1. The van der Waals surface area contributed by atoms with Crippen LogP contribution in [0.4, 0.5) is 0 Å². The van der Waals surface area contributed by atoms with Gasteiger partial charge in [-0.3, -0.25) is 4.79 Å². The number of ether oxygens (including phenoxy) is 1. The third kappa shape index (κ3) is 3.24. The molecule has 100 valence electrons. The Kier molecular flexibility index (Phi) is 4.76. The van der Waals surface area contributed by atoms with Crippen LogP contribution in [-0.2, 0) is 17.0 Å². The number of benzene rings is 1. The SMILES string of the molecule is COCCn1nc(-c2ccccc2)cc(CS)c1=O. The minimum Gasteiger partial charge on any atom is -0.383 e. The van der Waals surface area contributed by atoms with E-state index in [-0.39, 0.29) is 5.56 Å². The number of aromatic nitrogens is 2. The van der Waals surface area contributed by atoms with Crippen LogP contribution in [0, 0.1) is 0 Å². The van der Waals surface area contributed by atoms with Gasteiger partial charge in [0.25, 0.3) is 5.56 Å². The van der Waals surface area contributed by atoms with Crippen molar-refractivity contribution in [3.05, 3.63) is 52.3 Å². The zero-order chi connectivity index (χ0) is 13.7. The van der Waals surface area contributed by atoms with Gasteiger partial charge in [0.2, 0.25) is 0 Å². The molecule has 0 fully saturated rings. The molecule has 0 amide bonds. The molecule has 0 N–H and O–H groups in total. The van der Waals surface area contributed by atoms with Crippen LogP contribution in [-0.4, -0.2) is 23.5 Å². The topological polar surface area (TPSA) is 44.1 Å². The highest BCUT2D eigenvalue weighted by atomic mass is 32.1. The van der Waals surface area contributed by atoms with Crippen LogP contribution in [0.5, 0.6) is 0 Å². The van der Waals surface area contributed by atoms with E-state index in [1.807, 2.05) is 30.3 Å². The van der Waals surface area contributed by atoms with Gasteiger partial charge in [-0.2, -0.15) is 17.7 Å². The van der Waals surface area contributed by atoms with E-state index in [9.17, 15) is 4.79 Å². The Balaban J connectivity index is 2.48. The quantitative estimate of drug-likeness (QED) is 0.849. The van der Waals surface area contributed by atoms with E-state index in [0.29, 0.717) is 24.5 Å². The Hall–Kier alpha value is -1.59. The maximum absolute atomic E-state index is 12.1. The summed E-state index contributed by atoms with van der Waals surface area (Å²) in [5.41, 5.74) is 2.30. The Labute approximate surface area is 117 Å². The molecule has 0 unspecified atom stereocenters. The Bertz CT molecular complexity index is 596. The molecule has 5 heteroatoms. The third-order valence-electron chi connectivity index (χ3n) is 2.80. The van der Waals surface area contributed by atoms with Crippen molar-refractivity contribution in [3.8, 4) is 11.3 Å². The first kappa shape index (κ1) is 13.8. The van der Waals surface area contributed by atoms with Crippen LogP contribution in [0.1, 0.15) is 5.56 Å². The molecule has 0 saturated heterocycles. The summed E-state index contributed by atoms with van der Waals surface area (Å²) in [7, 11) is 1.60. The predicted octanol–water partition coefficient (Wildman–Crippen LogP) is 1.99. The van der Waals surface area contributed by atoms with E-state index in [1.165, 1.54) is 4.68 Å². The molecular formula is C14H16N2O2S. The molecule has 0 aliphatic carbocycles. The van der Waals surface area contributed by atoms with Crippen LogP contribution in [0.3, 0.4) is 0 Å². The summed E-state index contributed by atoms with van der Waals surface area (Å²) in [5.74, 6) is 0.397. The first-order chi connectivity index (χ1) is 9.26. The maximum Gasteiger partial charge on any atom is 0.270 e. The molecule has 19 heavy (non-hydrogen) atoms. The van der Waals surface area contributed by atoms with Gasteiger partial charge in [-0.25, -0.2) is 4.68 Å². The molecule has 0 aliphatic heterocycles. The van der Waals surface area contributed by atoms with Crippen molar-refractivity contribution in [1.29, 1.82) is 0 Å². The summed E-state index contributed by atoms with van der Waals surface area (Å²) in [4.78, 5) is 12.1. The van der Waals surface area contributed by atoms with Gasteiger partial charge >= 0.3 is 0 Å². The molecule has 2 aromatic rings. The summed E-state index contributed by atoms with van der Waals surface area (Å²) < 4.78 is 6.44. The van der Waals surface area contributed by atoms with Gasteiger partial charge in [-0.05, 0) is 6.07 Å². The molecule has 1 heterocycles. The van der Waals surface area contributed by atoms with Gasteiger partial charge in [-0.1, -0.05) is 30.3 Å². The van der Waals surface area contributed by atoms with E-state index in [1.54, 1.807) is 13.2 Å². The second-order valence-corrected chi connectivity index (χ2v) is 4.42. The number of thiol groups is 1. The van der Waals surface area contributed by atoms with Crippen molar-refractivity contribution >= 4 is 12.6 Å². The van der Waals surface area contributed by atoms with E-state index in [0.717, 1.165) is 11.3 Å². The molecule has 2 rings (SSSR count). The third-order valence-corrected chi connectivity index (χ3v) is 3.14. The molecule has 0 saturated carbocycles. The molecule has 0 aliphatic rings. The van der Waals surface area contributed by atoms with E-state index in [2.05, 4.69) is 17.7 Å². The molecule has 0 radical (unpaired) electrons. The predicted molar refractivity (Wildman–Crippen MR) is 78.5 cm³/mol. The summed E-state index contributed by atoms with van der Waals surface area (Å²) in [6.07, 6.45) is 0. The number of rotatable bonds is 5. The maximum atomic E-state index is 12.1. The van der Waals surface area contributed by atoms with Crippen LogP contribution in [0.2, 0.25) is 0 Å². The van der Waals surface area contributed by atoms with Gasteiger partial charge in [0.15, 0.2) is 0 Å². The fourth-order valence-corrected chi connectivity index (χ4v) is 2.02. The summed E-state index contributed by atoms with van der Waals surface area (Å²) in [6, 6.07) is 11.6. The molecule has 1 aromatic heterocycles. The highest BCUT2D eigenvalue weighted by Gasteiger charge is 2.08. The lowest BCUT2D eigenvalue weighted by molar-refractivity contribution is 0.182. The molecule has 1 aromatic carbocycles. The van der Waals surface area contributed by atoms with Crippen molar-refractivity contribution in [2.45, 2.75) is 12.3 Å². The number of nitrogens with zero attached hydrogens (tertiary/aromatic N) is 2. The van der Waals surface area contributed by atoms with Crippen LogP contribution < -0.4 is 5.56 Å². The van der Waals surface area contributed by atoms with Crippen molar-refractivity contribution in [3.63, 3.8) is 0 Å². The van der Waals surface area contributed by atoms with Crippen molar-refractivity contribution in [1.82, 2.24) is 9.78 Å². The first-order valence-corrected chi connectivity index (χ1v) is 6.65. The largest absolute Gasteiger partial charge is 0.383 e. The summed E-state index contributed by atoms with van der Waals surface area (Å²) in [6.45, 7) is 0.897. The average molecular weight is 276 g/mol.